The van der Waals surface area contributed by atoms with Crippen LogP contribution in [0.3, 0.4) is 0 Å². The van der Waals surface area contributed by atoms with E-state index in [9.17, 15) is 9.59 Å². The number of nitrogens with zero attached hydrogens (tertiary/aromatic N) is 4. The second-order valence-corrected chi connectivity index (χ2v) is 8.00. The van der Waals surface area contributed by atoms with Gasteiger partial charge >= 0.3 is 6.03 Å². The number of aliphatic imine (C=N–C) groups is 1. The summed E-state index contributed by atoms with van der Waals surface area (Å²) in [7, 11) is 2.00. The lowest BCUT2D eigenvalue weighted by Crippen LogP contribution is -2.44. The monoisotopic (exact) mass is 462 g/mol. The Hall–Kier alpha value is -3.91. The third-order valence-corrected chi connectivity index (χ3v) is 5.57. The average molecular weight is 463 g/mol. The number of amidine groups is 1. The first-order valence-electron chi connectivity index (χ1n) is 10.3. The molecule has 1 aromatic heterocycles. The highest BCUT2D eigenvalue weighted by molar-refractivity contribution is 6.30. The first-order chi connectivity index (χ1) is 15.9. The van der Waals surface area contributed by atoms with Crippen molar-refractivity contribution < 1.29 is 9.59 Å². The molecule has 2 heterocycles. The largest absolute Gasteiger partial charge is 0.358 e. The molecule has 1 aliphatic rings. The van der Waals surface area contributed by atoms with Gasteiger partial charge in [0.1, 0.15) is 11.9 Å². The van der Waals surface area contributed by atoms with Crippen LogP contribution in [0.2, 0.25) is 5.02 Å². The summed E-state index contributed by atoms with van der Waals surface area (Å²) in [5.74, 6) is 0.489. The Bertz CT molecular complexity index is 1170. The van der Waals surface area contributed by atoms with Gasteiger partial charge in [-0.1, -0.05) is 17.7 Å². The minimum Gasteiger partial charge on any atom is -0.358 e. The van der Waals surface area contributed by atoms with Crippen molar-refractivity contribution in [3.63, 3.8) is 0 Å². The third kappa shape index (κ3) is 4.96. The number of primary amides is 1. The Balaban J connectivity index is 1.64. The summed E-state index contributed by atoms with van der Waals surface area (Å²) in [5.41, 5.74) is 8.22. The Morgan fingerprint density at radius 3 is 2.42 bits per heavy atom. The van der Waals surface area contributed by atoms with E-state index in [1.807, 2.05) is 19.2 Å². The number of urea groups is 1. The van der Waals surface area contributed by atoms with Gasteiger partial charge in [-0.2, -0.15) is 0 Å². The molecule has 0 fully saturated rings. The second-order valence-electron chi connectivity index (χ2n) is 7.57. The first-order valence-corrected chi connectivity index (χ1v) is 10.7. The molecule has 4 rings (SSSR count). The van der Waals surface area contributed by atoms with Crippen LogP contribution in [-0.2, 0) is 4.79 Å². The fraction of sp³-hybridized carbons (Fsp3) is 0.167. The molecular weight excluding hydrogens is 440 g/mol. The van der Waals surface area contributed by atoms with Crippen molar-refractivity contribution in [3.05, 3.63) is 89.2 Å². The molecule has 1 atom stereocenters. The number of likely N-dealkylation sites (N-methyl/N-ethyl adjacent to an activating group) is 1. The Kier molecular flexibility index (Phi) is 6.55. The van der Waals surface area contributed by atoms with E-state index in [1.54, 1.807) is 54.7 Å². The number of amides is 3. The van der Waals surface area contributed by atoms with E-state index < -0.39 is 18.0 Å². The zero-order chi connectivity index (χ0) is 23.4. The predicted molar refractivity (Wildman–Crippen MR) is 130 cm³/mol. The molecule has 0 radical (unpaired) electrons. The van der Waals surface area contributed by atoms with Gasteiger partial charge in [0.05, 0.1) is 6.54 Å². The standard InChI is InChI=1S/C24H23ClN6O2/c1-30-14-13-28-22(30)16-4-8-19(9-5-16)29-23(32)21(17-3-2-12-27-15-17)31(24(26)33)20-10-6-18(25)7-11-20/h2-12,15,21H,13-14H2,1H3,(H2,26,33)(H,29,32). The van der Waals surface area contributed by atoms with Crippen molar-refractivity contribution in [1.82, 2.24) is 9.88 Å². The number of nitrogens with one attached hydrogen (secondary N) is 1. The van der Waals surface area contributed by atoms with Crippen LogP contribution in [0, 0.1) is 0 Å². The van der Waals surface area contributed by atoms with Gasteiger partial charge in [-0.3, -0.25) is 19.7 Å². The smallest absolute Gasteiger partial charge is 0.320 e. The molecule has 0 aliphatic carbocycles. The number of anilines is 2. The summed E-state index contributed by atoms with van der Waals surface area (Å²) >= 11 is 6.00. The number of benzene rings is 2. The van der Waals surface area contributed by atoms with Crippen LogP contribution >= 0.6 is 11.6 Å². The molecule has 8 nitrogen and oxygen atoms in total. The van der Waals surface area contributed by atoms with E-state index in [1.165, 1.54) is 11.1 Å². The Morgan fingerprint density at radius 1 is 1.12 bits per heavy atom. The van der Waals surface area contributed by atoms with Gasteiger partial charge in [-0.25, -0.2) is 4.79 Å². The number of carbonyl (C=O) groups excluding carboxylic acids is 2. The summed E-state index contributed by atoms with van der Waals surface area (Å²) in [4.78, 5) is 37.8. The molecule has 0 saturated heterocycles. The molecule has 2 aromatic carbocycles. The van der Waals surface area contributed by atoms with Crippen molar-refractivity contribution in [2.24, 2.45) is 10.7 Å². The maximum absolute atomic E-state index is 13.4. The van der Waals surface area contributed by atoms with Gasteiger partial charge in [0.2, 0.25) is 0 Å². The number of aromatic nitrogens is 1. The van der Waals surface area contributed by atoms with Crippen LogP contribution in [0.1, 0.15) is 17.2 Å². The number of rotatable bonds is 6. The first kappa shape index (κ1) is 22.3. The molecular formula is C24H23ClN6O2. The highest BCUT2D eigenvalue weighted by atomic mass is 35.5. The number of hydrogen-bond acceptors (Lipinski definition) is 5. The van der Waals surface area contributed by atoms with Crippen molar-refractivity contribution in [2.75, 3.05) is 30.4 Å². The third-order valence-electron chi connectivity index (χ3n) is 5.32. The average Bonchev–Trinajstić information content (AvgIpc) is 3.25. The zero-order valence-electron chi connectivity index (χ0n) is 18.0. The normalized spacial score (nSPS) is 13.9. The SMILES string of the molecule is CN1CCN=C1c1ccc(NC(=O)C(c2cccnc2)N(C(N)=O)c2ccc(Cl)cc2)cc1. The lowest BCUT2D eigenvalue weighted by Gasteiger charge is -2.29. The number of carbonyl (C=O) groups is 2. The Morgan fingerprint density at radius 2 is 1.85 bits per heavy atom. The Labute approximate surface area is 196 Å². The predicted octanol–water partition coefficient (Wildman–Crippen LogP) is 3.69. The van der Waals surface area contributed by atoms with Gasteiger partial charge in [0, 0.05) is 53.5 Å². The van der Waals surface area contributed by atoms with E-state index >= 15 is 0 Å². The lowest BCUT2D eigenvalue weighted by molar-refractivity contribution is -0.117. The molecule has 3 amide bonds. The van der Waals surface area contributed by atoms with Crippen LogP contribution in [0.5, 0.6) is 0 Å². The van der Waals surface area contributed by atoms with E-state index in [2.05, 4.69) is 20.2 Å². The van der Waals surface area contributed by atoms with Crippen molar-refractivity contribution in [1.29, 1.82) is 0 Å². The number of halogens is 1. The lowest BCUT2D eigenvalue weighted by atomic mass is 10.1. The number of pyridine rings is 1. The van der Waals surface area contributed by atoms with Gasteiger partial charge in [0.25, 0.3) is 5.91 Å². The van der Waals surface area contributed by atoms with Crippen molar-refractivity contribution in [3.8, 4) is 0 Å². The van der Waals surface area contributed by atoms with E-state index in [0.717, 1.165) is 24.5 Å². The fourth-order valence-corrected chi connectivity index (χ4v) is 3.84. The maximum Gasteiger partial charge on any atom is 0.320 e. The number of hydrogen-bond donors (Lipinski definition) is 2. The summed E-state index contributed by atoms with van der Waals surface area (Å²) in [6.07, 6.45) is 3.13. The highest BCUT2D eigenvalue weighted by Crippen LogP contribution is 2.29. The maximum atomic E-state index is 13.4. The molecule has 168 valence electrons. The van der Waals surface area contributed by atoms with Gasteiger partial charge in [-0.15, -0.1) is 0 Å². The van der Waals surface area contributed by atoms with Gasteiger partial charge < -0.3 is 16.0 Å². The van der Waals surface area contributed by atoms with Crippen LogP contribution in [-0.4, -0.2) is 47.8 Å². The van der Waals surface area contributed by atoms with Crippen LogP contribution < -0.4 is 16.0 Å². The molecule has 3 N–H and O–H groups in total. The van der Waals surface area contributed by atoms with Gasteiger partial charge in [-0.05, 0) is 54.6 Å². The second kappa shape index (κ2) is 9.70. The summed E-state index contributed by atoms with van der Waals surface area (Å²) < 4.78 is 0. The molecule has 33 heavy (non-hydrogen) atoms. The molecule has 1 aliphatic heterocycles. The van der Waals surface area contributed by atoms with Crippen LogP contribution in [0.15, 0.2) is 78.0 Å². The minimum atomic E-state index is -1.04. The molecule has 0 saturated carbocycles. The van der Waals surface area contributed by atoms with E-state index in [-0.39, 0.29) is 0 Å². The fourth-order valence-electron chi connectivity index (χ4n) is 3.72. The molecule has 3 aromatic rings. The molecule has 9 heteroatoms. The van der Waals surface area contributed by atoms with Crippen LogP contribution in [0.4, 0.5) is 16.2 Å². The van der Waals surface area contributed by atoms with E-state index in [4.69, 9.17) is 17.3 Å². The topological polar surface area (TPSA) is 104 Å². The minimum absolute atomic E-state index is 0.431. The summed E-state index contributed by atoms with van der Waals surface area (Å²) in [5, 5.41) is 3.39. The van der Waals surface area contributed by atoms with Crippen LogP contribution in [0.25, 0.3) is 0 Å². The van der Waals surface area contributed by atoms with Crippen molar-refractivity contribution in [2.45, 2.75) is 6.04 Å². The van der Waals surface area contributed by atoms with Crippen molar-refractivity contribution >= 4 is 40.7 Å². The summed E-state index contributed by atoms with van der Waals surface area (Å²) in [6, 6.07) is 15.6. The zero-order valence-corrected chi connectivity index (χ0v) is 18.7. The molecule has 0 bridgehead atoms. The summed E-state index contributed by atoms with van der Waals surface area (Å²) in [6.45, 7) is 1.65. The van der Waals surface area contributed by atoms with E-state index in [0.29, 0.717) is 22.0 Å². The highest BCUT2D eigenvalue weighted by Gasteiger charge is 2.32. The molecule has 1 unspecified atom stereocenters. The quantitative estimate of drug-likeness (QED) is 0.582. The number of nitrogens with two attached hydrogens (primary N) is 1. The molecule has 0 spiro atoms. The van der Waals surface area contributed by atoms with Gasteiger partial charge in [0.15, 0.2) is 0 Å².